The summed E-state index contributed by atoms with van der Waals surface area (Å²) in [6, 6.07) is 8.21. The lowest BCUT2D eigenvalue weighted by Gasteiger charge is -2.10. The Bertz CT molecular complexity index is 415. The molecule has 0 aliphatic rings. The third kappa shape index (κ3) is 4.81. The summed E-state index contributed by atoms with van der Waals surface area (Å²) in [6.45, 7) is 0. The van der Waals surface area contributed by atoms with E-state index >= 15 is 0 Å². The Labute approximate surface area is 102 Å². The Hall–Kier alpha value is -1.63. The molecule has 1 rings (SSSR count). The lowest BCUT2D eigenvalue weighted by Crippen LogP contribution is -2.31. The highest BCUT2D eigenvalue weighted by Gasteiger charge is 2.35. The van der Waals surface area contributed by atoms with Crippen LogP contribution in [0.25, 0.3) is 0 Å². The minimum Gasteiger partial charge on any atom is -0.375 e. The molecule has 0 spiro atoms. The average Bonchev–Trinajstić information content (AvgIpc) is 2.23. The van der Waals surface area contributed by atoms with Crippen molar-refractivity contribution in [3.63, 3.8) is 0 Å². The second kappa shape index (κ2) is 5.62. The molecule has 0 bridgehead atoms. The molecule has 3 N–H and O–H groups in total. The van der Waals surface area contributed by atoms with Crippen molar-refractivity contribution in [2.45, 2.75) is 12.6 Å². The molecular formula is C10H10F3N3S. The summed E-state index contributed by atoms with van der Waals surface area (Å²) in [7, 11) is 0. The second-order valence-electron chi connectivity index (χ2n) is 3.19. The lowest BCUT2D eigenvalue weighted by molar-refractivity contribution is -0.0604. The van der Waals surface area contributed by atoms with Crippen LogP contribution >= 0.6 is 12.2 Å². The van der Waals surface area contributed by atoms with Crippen LogP contribution in [-0.4, -0.2) is 17.0 Å². The van der Waals surface area contributed by atoms with Gasteiger partial charge < -0.3 is 5.73 Å². The number of rotatable bonds is 3. The molecule has 0 unspecified atom stereocenters. The summed E-state index contributed by atoms with van der Waals surface area (Å²) in [6.07, 6.45) is -4.85. The van der Waals surface area contributed by atoms with Crippen molar-refractivity contribution in [2.24, 2.45) is 10.8 Å². The summed E-state index contributed by atoms with van der Waals surface area (Å²) < 4.78 is 37.8. The van der Waals surface area contributed by atoms with E-state index in [4.69, 9.17) is 5.73 Å². The van der Waals surface area contributed by atoms with Gasteiger partial charge in [0.25, 0.3) is 0 Å². The zero-order valence-corrected chi connectivity index (χ0v) is 9.48. The molecule has 0 amide bonds. The molecular weight excluding hydrogens is 251 g/mol. The largest absolute Gasteiger partial charge is 0.431 e. The van der Waals surface area contributed by atoms with Crippen LogP contribution in [0.15, 0.2) is 35.4 Å². The van der Waals surface area contributed by atoms with Crippen LogP contribution in [0.4, 0.5) is 13.2 Å². The zero-order valence-electron chi connectivity index (χ0n) is 8.66. The number of hydrogen-bond donors (Lipinski definition) is 2. The van der Waals surface area contributed by atoms with E-state index < -0.39 is 11.9 Å². The first-order chi connectivity index (χ1) is 7.89. The Morgan fingerprint density at radius 1 is 1.29 bits per heavy atom. The van der Waals surface area contributed by atoms with E-state index in [0.29, 0.717) is 5.56 Å². The molecule has 7 heteroatoms. The van der Waals surface area contributed by atoms with Gasteiger partial charge in [-0.1, -0.05) is 30.3 Å². The summed E-state index contributed by atoms with van der Waals surface area (Å²) in [5.41, 5.74) is 6.51. The SMILES string of the molecule is NC(=S)N/N=C(/Cc1ccccc1)C(F)(F)F. The fraction of sp³-hybridized carbons (Fsp3) is 0.200. The predicted octanol–water partition coefficient (Wildman–Crippen LogP) is 1.98. The van der Waals surface area contributed by atoms with Crippen LogP contribution < -0.4 is 11.2 Å². The Morgan fingerprint density at radius 3 is 2.35 bits per heavy atom. The van der Waals surface area contributed by atoms with Gasteiger partial charge in [-0.25, -0.2) is 0 Å². The van der Waals surface area contributed by atoms with Crippen molar-refractivity contribution < 1.29 is 13.2 Å². The van der Waals surface area contributed by atoms with E-state index in [1.807, 2.05) is 5.43 Å². The Kier molecular flexibility index (Phi) is 4.45. The maximum absolute atomic E-state index is 12.6. The highest BCUT2D eigenvalue weighted by Crippen LogP contribution is 2.20. The maximum Gasteiger partial charge on any atom is 0.431 e. The normalized spacial score (nSPS) is 12.3. The number of hydrogen-bond acceptors (Lipinski definition) is 2. The van der Waals surface area contributed by atoms with E-state index in [-0.39, 0.29) is 11.5 Å². The van der Waals surface area contributed by atoms with Gasteiger partial charge in [0.05, 0.1) is 0 Å². The van der Waals surface area contributed by atoms with E-state index in [2.05, 4.69) is 17.3 Å². The fourth-order valence-electron chi connectivity index (χ4n) is 1.11. The quantitative estimate of drug-likeness (QED) is 0.497. The van der Waals surface area contributed by atoms with Crippen molar-refractivity contribution in [3.05, 3.63) is 35.9 Å². The first-order valence-electron chi connectivity index (χ1n) is 4.62. The molecule has 0 saturated heterocycles. The van der Waals surface area contributed by atoms with Crippen LogP contribution in [0.5, 0.6) is 0 Å². The van der Waals surface area contributed by atoms with Crippen molar-refractivity contribution in [2.75, 3.05) is 0 Å². The third-order valence-electron chi connectivity index (χ3n) is 1.84. The van der Waals surface area contributed by atoms with Crippen LogP contribution in [0.1, 0.15) is 5.56 Å². The number of benzene rings is 1. The molecule has 0 radical (unpaired) electrons. The molecule has 1 aromatic carbocycles. The predicted molar refractivity (Wildman–Crippen MR) is 63.6 cm³/mol. The molecule has 0 heterocycles. The topological polar surface area (TPSA) is 50.4 Å². The number of nitrogens with one attached hydrogen (secondary N) is 1. The Balaban J connectivity index is 2.86. The maximum atomic E-state index is 12.6. The van der Waals surface area contributed by atoms with E-state index in [0.717, 1.165) is 0 Å². The highest BCUT2D eigenvalue weighted by atomic mass is 32.1. The third-order valence-corrected chi connectivity index (χ3v) is 1.93. The van der Waals surface area contributed by atoms with E-state index in [1.165, 1.54) is 0 Å². The molecule has 92 valence electrons. The summed E-state index contributed by atoms with van der Waals surface area (Å²) in [5.74, 6) is 0. The van der Waals surface area contributed by atoms with Crippen LogP contribution in [0, 0.1) is 0 Å². The zero-order chi connectivity index (χ0) is 12.9. The van der Waals surface area contributed by atoms with Gasteiger partial charge in [-0.3, -0.25) is 5.43 Å². The fourth-order valence-corrected chi connectivity index (χ4v) is 1.16. The molecule has 0 aliphatic carbocycles. The van der Waals surface area contributed by atoms with Crippen molar-refractivity contribution in [3.8, 4) is 0 Å². The van der Waals surface area contributed by atoms with Gasteiger partial charge in [0.2, 0.25) is 0 Å². The van der Waals surface area contributed by atoms with Gasteiger partial charge in [0.15, 0.2) is 5.11 Å². The summed E-state index contributed by atoms with van der Waals surface area (Å²) in [5, 5.41) is 2.86. The van der Waals surface area contributed by atoms with Crippen molar-refractivity contribution >= 4 is 23.0 Å². The van der Waals surface area contributed by atoms with Crippen molar-refractivity contribution in [1.82, 2.24) is 5.43 Å². The average molecular weight is 261 g/mol. The minimum absolute atomic E-state index is 0.306. The van der Waals surface area contributed by atoms with E-state index in [1.54, 1.807) is 30.3 Å². The minimum atomic E-state index is -4.52. The number of hydrazone groups is 1. The molecule has 17 heavy (non-hydrogen) atoms. The number of thiocarbonyl (C=S) groups is 1. The van der Waals surface area contributed by atoms with E-state index in [9.17, 15) is 13.2 Å². The van der Waals surface area contributed by atoms with Gasteiger partial charge in [-0.2, -0.15) is 18.3 Å². The molecule has 0 aromatic heterocycles. The Morgan fingerprint density at radius 2 is 1.88 bits per heavy atom. The number of nitrogens with two attached hydrogens (primary N) is 1. The standard InChI is InChI=1S/C10H10F3N3S/c11-10(12,13)8(15-16-9(14)17)6-7-4-2-1-3-5-7/h1-5H,6H2,(H3,14,16,17)/b15-8-. The first kappa shape index (κ1) is 13.4. The molecule has 3 nitrogen and oxygen atoms in total. The summed E-state index contributed by atoms with van der Waals surface area (Å²) >= 11 is 4.39. The van der Waals surface area contributed by atoms with Crippen LogP contribution in [0.3, 0.4) is 0 Å². The number of nitrogens with zero attached hydrogens (tertiary/aromatic N) is 1. The molecule has 0 aliphatic heterocycles. The van der Waals surface area contributed by atoms with Crippen LogP contribution in [0.2, 0.25) is 0 Å². The molecule has 0 atom stereocenters. The smallest absolute Gasteiger partial charge is 0.375 e. The first-order valence-corrected chi connectivity index (χ1v) is 5.03. The summed E-state index contributed by atoms with van der Waals surface area (Å²) in [4.78, 5) is 0. The molecule has 0 saturated carbocycles. The van der Waals surface area contributed by atoms with Gasteiger partial charge in [-0.15, -0.1) is 0 Å². The number of halogens is 3. The van der Waals surface area contributed by atoms with Crippen LogP contribution in [-0.2, 0) is 6.42 Å². The van der Waals surface area contributed by atoms with Gasteiger partial charge in [-0.05, 0) is 17.8 Å². The van der Waals surface area contributed by atoms with Crippen molar-refractivity contribution in [1.29, 1.82) is 0 Å². The van der Waals surface area contributed by atoms with Gasteiger partial charge >= 0.3 is 6.18 Å². The number of alkyl halides is 3. The molecule has 1 aromatic rings. The van der Waals surface area contributed by atoms with Gasteiger partial charge in [0, 0.05) is 6.42 Å². The monoisotopic (exact) mass is 261 g/mol. The highest BCUT2D eigenvalue weighted by molar-refractivity contribution is 7.80. The lowest BCUT2D eigenvalue weighted by atomic mass is 10.1. The second-order valence-corrected chi connectivity index (χ2v) is 3.63. The van der Waals surface area contributed by atoms with Gasteiger partial charge in [0.1, 0.15) is 5.71 Å². The molecule has 0 fully saturated rings.